The lowest BCUT2D eigenvalue weighted by molar-refractivity contribution is 0.789. The van der Waals surface area contributed by atoms with E-state index in [4.69, 9.17) is 11.6 Å². The van der Waals surface area contributed by atoms with Crippen LogP contribution < -0.4 is 0 Å². The number of tetrazole rings is 1. The Bertz CT molecular complexity index is 424. The predicted molar refractivity (Wildman–Crippen MR) is 48.9 cm³/mol. The van der Waals surface area contributed by atoms with Crippen molar-refractivity contribution in [2.45, 2.75) is 6.92 Å². The number of aromatic nitrogens is 4. The molecule has 0 aliphatic carbocycles. The number of aryl methyl sites for hydroxylation is 1. The second-order valence-corrected chi connectivity index (χ2v) is 3.04. The second-order valence-electron chi connectivity index (χ2n) is 2.70. The van der Waals surface area contributed by atoms with Gasteiger partial charge in [-0.05, 0) is 46.6 Å². The third kappa shape index (κ3) is 1.53. The van der Waals surface area contributed by atoms with Crippen molar-refractivity contribution in [2.75, 3.05) is 0 Å². The molecule has 0 N–H and O–H groups in total. The van der Waals surface area contributed by atoms with E-state index >= 15 is 0 Å². The molecule has 0 atom stereocenters. The van der Waals surface area contributed by atoms with Gasteiger partial charge >= 0.3 is 0 Å². The van der Waals surface area contributed by atoms with Crippen molar-refractivity contribution < 1.29 is 0 Å². The van der Waals surface area contributed by atoms with Gasteiger partial charge in [0.2, 0.25) is 5.28 Å². The van der Waals surface area contributed by atoms with E-state index in [1.54, 1.807) is 0 Å². The molecule has 13 heavy (non-hydrogen) atoms. The number of hydrogen-bond donors (Lipinski definition) is 0. The van der Waals surface area contributed by atoms with Gasteiger partial charge < -0.3 is 0 Å². The molecule has 0 unspecified atom stereocenters. The summed E-state index contributed by atoms with van der Waals surface area (Å²) in [5.74, 6) is 0. The van der Waals surface area contributed by atoms with Crippen LogP contribution in [0.5, 0.6) is 0 Å². The molecule has 0 aliphatic rings. The third-order valence-corrected chi connectivity index (χ3v) is 1.91. The molecular formula is C8H7ClN4. The van der Waals surface area contributed by atoms with Crippen molar-refractivity contribution in [3.8, 4) is 5.69 Å². The lowest BCUT2D eigenvalue weighted by atomic mass is 10.2. The summed E-state index contributed by atoms with van der Waals surface area (Å²) in [4.78, 5) is 0. The quantitative estimate of drug-likeness (QED) is 0.693. The normalized spacial score (nSPS) is 10.3. The molecule has 0 amide bonds. The van der Waals surface area contributed by atoms with Crippen LogP contribution in [0.3, 0.4) is 0 Å². The molecular weight excluding hydrogens is 188 g/mol. The lowest BCUT2D eigenvalue weighted by Crippen LogP contribution is -1.96. The van der Waals surface area contributed by atoms with Crippen LogP contribution in [0.2, 0.25) is 5.28 Å². The second kappa shape index (κ2) is 3.14. The minimum atomic E-state index is 0.269. The van der Waals surface area contributed by atoms with Gasteiger partial charge in [0.05, 0.1) is 5.69 Å². The number of nitrogens with zero attached hydrogens (tertiary/aromatic N) is 4. The minimum absolute atomic E-state index is 0.269. The third-order valence-electron chi connectivity index (χ3n) is 1.68. The van der Waals surface area contributed by atoms with Crippen LogP contribution in [0.25, 0.3) is 5.69 Å². The zero-order valence-electron chi connectivity index (χ0n) is 6.98. The Morgan fingerprint density at radius 3 is 2.85 bits per heavy atom. The molecule has 0 spiro atoms. The van der Waals surface area contributed by atoms with Crippen molar-refractivity contribution in [3.05, 3.63) is 35.1 Å². The molecule has 0 bridgehead atoms. The van der Waals surface area contributed by atoms with Gasteiger partial charge in [0.25, 0.3) is 0 Å². The van der Waals surface area contributed by atoms with Crippen LogP contribution in [0.15, 0.2) is 24.3 Å². The summed E-state index contributed by atoms with van der Waals surface area (Å²) in [5, 5.41) is 11.1. The van der Waals surface area contributed by atoms with Crippen LogP contribution in [0.1, 0.15) is 5.56 Å². The topological polar surface area (TPSA) is 43.6 Å². The maximum absolute atomic E-state index is 5.75. The molecule has 2 aromatic rings. The van der Waals surface area contributed by atoms with Gasteiger partial charge in [0.1, 0.15) is 0 Å². The van der Waals surface area contributed by atoms with E-state index in [2.05, 4.69) is 15.5 Å². The van der Waals surface area contributed by atoms with E-state index in [1.165, 1.54) is 4.68 Å². The van der Waals surface area contributed by atoms with Gasteiger partial charge in [0, 0.05) is 0 Å². The Morgan fingerprint density at radius 2 is 2.23 bits per heavy atom. The largest absolute Gasteiger partial charge is 0.247 e. The van der Waals surface area contributed by atoms with E-state index in [1.807, 2.05) is 31.2 Å². The van der Waals surface area contributed by atoms with Crippen molar-refractivity contribution in [1.82, 2.24) is 20.2 Å². The standard InChI is InChI=1S/C8H7ClN4/c1-6-3-2-4-7(5-6)13-8(9)10-11-12-13/h2-5H,1H3. The summed E-state index contributed by atoms with van der Waals surface area (Å²) in [5.41, 5.74) is 2.01. The fourth-order valence-electron chi connectivity index (χ4n) is 1.09. The Morgan fingerprint density at radius 1 is 1.38 bits per heavy atom. The molecule has 5 heteroatoms. The van der Waals surface area contributed by atoms with Gasteiger partial charge in [-0.3, -0.25) is 0 Å². The molecule has 4 nitrogen and oxygen atoms in total. The zero-order valence-corrected chi connectivity index (χ0v) is 7.73. The highest BCUT2D eigenvalue weighted by Crippen LogP contribution is 2.12. The minimum Gasteiger partial charge on any atom is -0.183 e. The van der Waals surface area contributed by atoms with Crippen molar-refractivity contribution in [2.24, 2.45) is 0 Å². The summed E-state index contributed by atoms with van der Waals surface area (Å²) < 4.78 is 1.48. The monoisotopic (exact) mass is 194 g/mol. The Kier molecular flexibility index (Phi) is 1.98. The van der Waals surface area contributed by atoms with Gasteiger partial charge in [-0.1, -0.05) is 17.2 Å². The van der Waals surface area contributed by atoms with Crippen LogP contribution in [0.4, 0.5) is 0 Å². The van der Waals surface area contributed by atoms with E-state index < -0.39 is 0 Å². The van der Waals surface area contributed by atoms with Gasteiger partial charge in [-0.15, -0.1) is 0 Å². The van der Waals surface area contributed by atoms with E-state index in [9.17, 15) is 0 Å². The maximum atomic E-state index is 5.75. The Balaban J connectivity index is 2.53. The van der Waals surface area contributed by atoms with Crippen molar-refractivity contribution in [3.63, 3.8) is 0 Å². The average molecular weight is 195 g/mol. The SMILES string of the molecule is Cc1cccc(-n2nnnc2Cl)c1. The molecule has 0 saturated carbocycles. The Hall–Kier alpha value is -1.42. The summed E-state index contributed by atoms with van der Waals surface area (Å²) in [6.45, 7) is 2.00. The molecule has 1 heterocycles. The van der Waals surface area contributed by atoms with E-state index in [0.717, 1.165) is 11.3 Å². The zero-order chi connectivity index (χ0) is 9.26. The molecule has 2 rings (SSSR count). The van der Waals surface area contributed by atoms with E-state index in [-0.39, 0.29) is 5.28 Å². The highest BCUT2D eigenvalue weighted by atomic mass is 35.5. The lowest BCUT2D eigenvalue weighted by Gasteiger charge is -2.00. The van der Waals surface area contributed by atoms with Crippen LogP contribution in [-0.2, 0) is 0 Å². The number of rotatable bonds is 1. The molecule has 0 radical (unpaired) electrons. The number of benzene rings is 1. The summed E-state index contributed by atoms with van der Waals surface area (Å²) in [6.07, 6.45) is 0. The molecule has 0 aliphatic heterocycles. The molecule has 66 valence electrons. The molecule has 1 aromatic carbocycles. The van der Waals surface area contributed by atoms with Gasteiger partial charge in [0.15, 0.2) is 0 Å². The maximum Gasteiger partial charge on any atom is 0.247 e. The number of hydrogen-bond acceptors (Lipinski definition) is 3. The summed E-state index contributed by atoms with van der Waals surface area (Å²) in [6, 6.07) is 7.79. The highest BCUT2D eigenvalue weighted by molar-refractivity contribution is 6.28. The van der Waals surface area contributed by atoms with Gasteiger partial charge in [-0.25, -0.2) is 0 Å². The van der Waals surface area contributed by atoms with Crippen LogP contribution in [-0.4, -0.2) is 20.2 Å². The van der Waals surface area contributed by atoms with Crippen molar-refractivity contribution >= 4 is 11.6 Å². The molecule has 0 fully saturated rings. The fourth-order valence-corrected chi connectivity index (χ4v) is 1.26. The first-order valence-corrected chi connectivity index (χ1v) is 4.16. The number of halogens is 1. The van der Waals surface area contributed by atoms with Crippen LogP contribution >= 0.6 is 11.6 Å². The van der Waals surface area contributed by atoms with E-state index in [0.29, 0.717) is 0 Å². The Labute approximate surface area is 80.1 Å². The first-order valence-electron chi connectivity index (χ1n) is 3.78. The summed E-state index contributed by atoms with van der Waals surface area (Å²) >= 11 is 5.75. The molecule has 0 saturated heterocycles. The molecule has 1 aromatic heterocycles. The first kappa shape index (κ1) is 8.19. The predicted octanol–water partition coefficient (Wildman–Crippen LogP) is 1.62. The first-order chi connectivity index (χ1) is 6.27. The van der Waals surface area contributed by atoms with Crippen molar-refractivity contribution in [1.29, 1.82) is 0 Å². The fraction of sp³-hybridized carbons (Fsp3) is 0.125. The smallest absolute Gasteiger partial charge is 0.183 e. The average Bonchev–Trinajstić information content (AvgIpc) is 2.51. The van der Waals surface area contributed by atoms with Crippen LogP contribution in [0, 0.1) is 6.92 Å². The van der Waals surface area contributed by atoms with Gasteiger partial charge in [-0.2, -0.15) is 4.68 Å². The highest BCUT2D eigenvalue weighted by Gasteiger charge is 2.03. The summed E-state index contributed by atoms with van der Waals surface area (Å²) in [7, 11) is 0.